The van der Waals surface area contributed by atoms with Crippen LogP contribution in [0.2, 0.25) is 0 Å². The molecule has 0 heterocycles. The van der Waals surface area contributed by atoms with Crippen molar-refractivity contribution in [3.05, 3.63) is 58.6 Å². The lowest BCUT2D eigenvalue weighted by Gasteiger charge is -2.11. The van der Waals surface area contributed by atoms with E-state index in [1.54, 1.807) is 24.3 Å². The standard InChI is InChI=1S/C18H18N2O7/c1-2-25-15-5-3-4-6-16(15)26-12-18(22)27-11-17(21)19-13-7-9-14(10-8-13)20(23)24/h3-10H,2,11-12H2,1H3,(H,19,21). The molecule has 0 aliphatic rings. The fraction of sp³-hybridized carbons (Fsp3) is 0.222. The molecular weight excluding hydrogens is 356 g/mol. The van der Waals surface area contributed by atoms with Gasteiger partial charge in [-0.3, -0.25) is 14.9 Å². The average molecular weight is 374 g/mol. The number of para-hydroxylation sites is 2. The zero-order valence-corrected chi connectivity index (χ0v) is 14.5. The van der Waals surface area contributed by atoms with Gasteiger partial charge in [-0.1, -0.05) is 12.1 Å². The maximum atomic E-state index is 11.8. The number of hydrogen-bond acceptors (Lipinski definition) is 7. The van der Waals surface area contributed by atoms with Crippen LogP contribution in [-0.4, -0.2) is 36.6 Å². The van der Waals surface area contributed by atoms with Crippen LogP contribution in [0.15, 0.2) is 48.5 Å². The first-order valence-corrected chi connectivity index (χ1v) is 8.04. The van der Waals surface area contributed by atoms with Gasteiger partial charge in [0.15, 0.2) is 24.7 Å². The first-order chi connectivity index (χ1) is 13.0. The van der Waals surface area contributed by atoms with Gasteiger partial charge in [0, 0.05) is 17.8 Å². The maximum Gasteiger partial charge on any atom is 0.344 e. The highest BCUT2D eigenvalue weighted by Crippen LogP contribution is 2.26. The van der Waals surface area contributed by atoms with Crippen LogP contribution in [0, 0.1) is 10.1 Å². The van der Waals surface area contributed by atoms with E-state index in [4.69, 9.17) is 14.2 Å². The second-order valence-corrected chi connectivity index (χ2v) is 5.18. The zero-order chi connectivity index (χ0) is 19.6. The number of carbonyl (C=O) groups excluding carboxylic acids is 2. The number of nitro benzene ring substituents is 1. The van der Waals surface area contributed by atoms with Gasteiger partial charge in [0.25, 0.3) is 11.6 Å². The number of benzene rings is 2. The minimum atomic E-state index is -0.722. The molecule has 0 saturated carbocycles. The Morgan fingerprint density at radius 2 is 1.63 bits per heavy atom. The molecule has 0 unspecified atom stereocenters. The second-order valence-electron chi connectivity index (χ2n) is 5.18. The lowest BCUT2D eigenvalue weighted by atomic mass is 10.3. The molecule has 0 saturated heterocycles. The number of anilines is 1. The van der Waals surface area contributed by atoms with E-state index in [2.05, 4.69) is 5.32 Å². The first kappa shape index (κ1) is 19.7. The van der Waals surface area contributed by atoms with Crippen LogP contribution in [0.5, 0.6) is 11.5 Å². The number of esters is 1. The molecule has 0 aromatic heterocycles. The molecule has 1 N–H and O–H groups in total. The lowest BCUT2D eigenvalue weighted by Crippen LogP contribution is -2.23. The lowest BCUT2D eigenvalue weighted by molar-refractivity contribution is -0.384. The molecule has 0 fully saturated rings. The Kier molecular flexibility index (Phi) is 7.12. The topological polar surface area (TPSA) is 117 Å². The van der Waals surface area contributed by atoms with Crippen LogP contribution in [0.4, 0.5) is 11.4 Å². The highest BCUT2D eigenvalue weighted by atomic mass is 16.6. The van der Waals surface area contributed by atoms with Crippen molar-refractivity contribution >= 4 is 23.3 Å². The largest absolute Gasteiger partial charge is 0.490 e. The van der Waals surface area contributed by atoms with E-state index in [1.165, 1.54) is 24.3 Å². The first-order valence-electron chi connectivity index (χ1n) is 8.04. The molecule has 27 heavy (non-hydrogen) atoms. The van der Waals surface area contributed by atoms with E-state index in [1.807, 2.05) is 6.92 Å². The van der Waals surface area contributed by atoms with Gasteiger partial charge in [-0.15, -0.1) is 0 Å². The Hall–Kier alpha value is -3.62. The van der Waals surface area contributed by atoms with Gasteiger partial charge in [-0.2, -0.15) is 0 Å². The summed E-state index contributed by atoms with van der Waals surface area (Å²) in [6.45, 7) is 1.39. The van der Waals surface area contributed by atoms with Gasteiger partial charge < -0.3 is 19.5 Å². The molecule has 2 aromatic carbocycles. The molecule has 0 aliphatic carbocycles. The Balaban J connectivity index is 1.76. The number of nitro groups is 1. The molecule has 1 amide bonds. The molecule has 142 valence electrons. The van der Waals surface area contributed by atoms with Crippen LogP contribution < -0.4 is 14.8 Å². The Morgan fingerprint density at radius 1 is 1.00 bits per heavy atom. The van der Waals surface area contributed by atoms with E-state index >= 15 is 0 Å². The molecule has 0 spiro atoms. The predicted molar refractivity (Wildman–Crippen MR) is 95.8 cm³/mol. The Labute approximate surface area is 155 Å². The number of amides is 1. The van der Waals surface area contributed by atoms with Gasteiger partial charge in [0.1, 0.15) is 0 Å². The van der Waals surface area contributed by atoms with Gasteiger partial charge in [0.05, 0.1) is 11.5 Å². The third-order valence-electron chi connectivity index (χ3n) is 3.22. The number of non-ortho nitro benzene ring substituents is 1. The number of nitrogens with one attached hydrogen (secondary N) is 1. The van der Waals surface area contributed by atoms with Crippen LogP contribution in [0.1, 0.15) is 6.92 Å². The fourth-order valence-electron chi connectivity index (χ4n) is 2.03. The summed E-state index contributed by atoms with van der Waals surface area (Å²) in [4.78, 5) is 33.5. The van der Waals surface area contributed by atoms with Crippen molar-refractivity contribution < 1.29 is 28.7 Å². The van der Waals surface area contributed by atoms with Gasteiger partial charge in [0.2, 0.25) is 0 Å². The molecule has 0 bridgehead atoms. The third kappa shape index (κ3) is 6.31. The summed E-state index contributed by atoms with van der Waals surface area (Å²) in [5.74, 6) is -0.401. The monoisotopic (exact) mass is 374 g/mol. The Bertz CT molecular complexity index is 806. The van der Waals surface area contributed by atoms with Gasteiger partial charge >= 0.3 is 5.97 Å². The molecule has 2 rings (SSSR count). The van der Waals surface area contributed by atoms with Crippen molar-refractivity contribution in [2.24, 2.45) is 0 Å². The van der Waals surface area contributed by atoms with Crippen molar-refractivity contribution in [2.45, 2.75) is 6.92 Å². The SMILES string of the molecule is CCOc1ccccc1OCC(=O)OCC(=O)Nc1ccc([N+](=O)[O-])cc1. The zero-order valence-electron chi connectivity index (χ0n) is 14.5. The van der Waals surface area contributed by atoms with E-state index < -0.39 is 23.4 Å². The maximum absolute atomic E-state index is 11.8. The Morgan fingerprint density at radius 3 is 2.22 bits per heavy atom. The van der Waals surface area contributed by atoms with Gasteiger partial charge in [-0.25, -0.2) is 4.79 Å². The van der Waals surface area contributed by atoms with Crippen molar-refractivity contribution in [3.63, 3.8) is 0 Å². The van der Waals surface area contributed by atoms with Crippen LogP contribution >= 0.6 is 0 Å². The number of nitrogens with zero attached hydrogens (tertiary/aromatic N) is 1. The average Bonchev–Trinajstić information content (AvgIpc) is 2.66. The predicted octanol–water partition coefficient (Wildman–Crippen LogP) is 2.55. The van der Waals surface area contributed by atoms with Crippen molar-refractivity contribution in [2.75, 3.05) is 25.1 Å². The number of rotatable bonds is 9. The van der Waals surface area contributed by atoms with Crippen LogP contribution in [-0.2, 0) is 14.3 Å². The summed E-state index contributed by atoms with van der Waals surface area (Å²) in [5, 5.41) is 13.0. The van der Waals surface area contributed by atoms with Crippen molar-refractivity contribution in [1.29, 1.82) is 0 Å². The summed E-state index contributed by atoms with van der Waals surface area (Å²) in [5.41, 5.74) is 0.257. The quantitative estimate of drug-likeness (QED) is 0.407. The fourth-order valence-corrected chi connectivity index (χ4v) is 2.03. The minimum absolute atomic E-state index is 0.0936. The molecule has 2 aromatic rings. The highest BCUT2D eigenvalue weighted by Gasteiger charge is 2.11. The van der Waals surface area contributed by atoms with Gasteiger partial charge in [-0.05, 0) is 31.2 Å². The third-order valence-corrected chi connectivity index (χ3v) is 3.22. The van der Waals surface area contributed by atoms with E-state index in [0.29, 0.717) is 23.8 Å². The molecule has 0 aliphatic heterocycles. The normalized spacial score (nSPS) is 9.96. The molecular formula is C18H18N2O7. The molecule has 9 heteroatoms. The number of ether oxygens (including phenoxy) is 3. The van der Waals surface area contributed by atoms with E-state index in [0.717, 1.165) is 0 Å². The molecule has 9 nitrogen and oxygen atoms in total. The second kappa shape index (κ2) is 9.76. The van der Waals surface area contributed by atoms with Crippen molar-refractivity contribution in [3.8, 4) is 11.5 Å². The number of carbonyl (C=O) groups is 2. The molecule has 0 radical (unpaired) electrons. The smallest absolute Gasteiger partial charge is 0.344 e. The summed E-state index contributed by atoms with van der Waals surface area (Å²) in [7, 11) is 0. The summed E-state index contributed by atoms with van der Waals surface area (Å²) in [6.07, 6.45) is 0. The molecule has 0 atom stereocenters. The van der Waals surface area contributed by atoms with E-state index in [9.17, 15) is 19.7 Å². The summed E-state index contributed by atoms with van der Waals surface area (Å²) < 4.78 is 15.6. The van der Waals surface area contributed by atoms with Crippen molar-refractivity contribution in [1.82, 2.24) is 0 Å². The highest BCUT2D eigenvalue weighted by molar-refractivity contribution is 5.92. The van der Waals surface area contributed by atoms with Crippen LogP contribution in [0.3, 0.4) is 0 Å². The summed E-state index contributed by atoms with van der Waals surface area (Å²) >= 11 is 0. The van der Waals surface area contributed by atoms with E-state index in [-0.39, 0.29) is 12.3 Å². The summed E-state index contributed by atoms with van der Waals surface area (Å²) in [6, 6.07) is 12.1. The minimum Gasteiger partial charge on any atom is -0.490 e. The number of hydrogen-bond donors (Lipinski definition) is 1. The van der Waals surface area contributed by atoms with Crippen LogP contribution in [0.25, 0.3) is 0 Å².